The molecule has 18 heavy (non-hydrogen) atoms. The van der Waals surface area contributed by atoms with Crippen molar-refractivity contribution in [1.82, 2.24) is 0 Å². The third-order valence-corrected chi connectivity index (χ3v) is 3.13. The minimum absolute atomic E-state index is 0.250. The van der Waals surface area contributed by atoms with Crippen molar-refractivity contribution in [3.8, 4) is 5.75 Å². The van der Waals surface area contributed by atoms with Crippen LogP contribution in [0, 0.1) is 0 Å². The van der Waals surface area contributed by atoms with Crippen molar-refractivity contribution in [3.05, 3.63) is 46.2 Å². The fraction of sp³-hybridized carbons (Fsp3) is 0.154. The molecule has 1 aromatic carbocycles. The number of rotatable bonds is 4. The second kappa shape index (κ2) is 5.55. The Morgan fingerprint density at radius 3 is 2.89 bits per heavy atom. The number of esters is 1. The highest BCUT2D eigenvalue weighted by molar-refractivity contribution is 7.07. The first kappa shape index (κ1) is 12.4. The van der Waals surface area contributed by atoms with Gasteiger partial charge in [-0.05, 0) is 35.0 Å². The maximum Gasteiger partial charge on any atom is 0.342 e. The van der Waals surface area contributed by atoms with Crippen LogP contribution >= 0.6 is 11.3 Å². The van der Waals surface area contributed by atoms with E-state index in [2.05, 4.69) is 0 Å². The lowest BCUT2D eigenvalue weighted by molar-refractivity contribution is 0.0469. The van der Waals surface area contributed by atoms with E-state index in [-0.39, 0.29) is 6.61 Å². The van der Waals surface area contributed by atoms with Crippen LogP contribution in [0.25, 0.3) is 0 Å². The summed E-state index contributed by atoms with van der Waals surface area (Å²) in [5.74, 6) is 0.0184. The summed E-state index contributed by atoms with van der Waals surface area (Å²) in [5, 5.41) is 3.87. The molecule has 1 heterocycles. The van der Waals surface area contributed by atoms with Gasteiger partial charge in [-0.2, -0.15) is 11.3 Å². The molecule has 0 radical (unpaired) electrons. The number of anilines is 1. The van der Waals surface area contributed by atoms with Gasteiger partial charge in [0, 0.05) is 11.3 Å². The molecule has 0 atom stereocenters. The molecule has 0 aliphatic rings. The number of nitrogens with two attached hydrogens (primary N) is 1. The zero-order valence-electron chi connectivity index (χ0n) is 9.88. The SMILES string of the molecule is COc1ccc(N)cc1C(=O)OCc1ccsc1. The predicted octanol–water partition coefficient (Wildman–Crippen LogP) is 2.70. The van der Waals surface area contributed by atoms with E-state index in [4.69, 9.17) is 15.2 Å². The number of carbonyl (C=O) groups is 1. The lowest BCUT2D eigenvalue weighted by atomic mass is 10.2. The van der Waals surface area contributed by atoms with Crippen molar-refractivity contribution in [3.63, 3.8) is 0 Å². The normalized spacial score (nSPS) is 10.1. The van der Waals surface area contributed by atoms with Crippen LogP contribution < -0.4 is 10.5 Å². The van der Waals surface area contributed by atoms with Crippen molar-refractivity contribution in [1.29, 1.82) is 0 Å². The molecule has 0 spiro atoms. The minimum Gasteiger partial charge on any atom is -0.496 e. The van der Waals surface area contributed by atoms with Gasteiger partial charge in [0.1, 0.15) is 17.9 Å². The standard InChI is InChI=1S/C13H13NO3S/c1-16-12-3-2-10(14)6-11(12)13(15)17-7-9-4-5-18-8-9/h2-6,8H,7,14H2,1H3. The summed E-state index contributed by atoms with van der Waals surface area (Å²) in [5.41, 5.74) is 7.46. The maximum absolute atomic E-state index is 11.9. The molecule has 0 unspecified atom stereocenters. The topological polar surface area (TPSA) is 61.5 Å². The number of methoxy groups -OCH3 is 1. The molecule has 2 N–H and O–H groups in total. The molecule has 1 aromatic heterocycles. The van der Waals surface area contributed by atoms with Gasteiger partial charge in [0.05, 0.1) is 7.11 Å². The Morgan fingerprint density at radius 2 is 2.22 bits per heavy atom. The van der Waals surface area contributed by atoms with Crippen LogP contribution in [0.5, 0.6) is 5.75 Å². The first-order valence-electron chi connectivity index (χ1n) is 5.32. The smallest absolute Gasteiger partial charge is 0.342 e. The molecule has 0 saturated heterocycles. The highest BCUT2D eigenvalue weighted by Gasteiger charge is 2.14. The average Bonchev–Trinajstić information content (AvgIpc) is 2.89. The summed E-state index contributed by atoms with van der Waals surface area (Å²) in [6.45, 7) is 0.250. The molecule has 2 aromatic rings. The third kappa shape index (κ3) is 2.81. The molecule has 0 aliphatic heterocycles. The van der Waals surface area contributed by atoms with Crippen molar-refractivity contribution in [2.75, 3.05) is 12.8 Å². The largest absolute Gasteiger partial charge is 0.496 e. The molecule has 0 bridgehead atoms. The van der Waals surface area contributed by atoms with Gasteiger partial charge in [-0.1, -0.05) is 0 Å². The molecule has 0 aliphatic carbocycles. The van der Waals surface area contributed by atoms with E-state index in [0.29, 0.717) is 17.0 Å². The average molecular weight is 263 g/mol. The van der Waals surface area contributed by atoms with Gasteiger partial charge in [-0.3, -0.25) is 0 Å². The molecule has 0 saturated carbocycles. The Hall–Kier alpha value is -2.01. The van der Waals surface area contributed by atoms with Crippen LogP contribution in [0.15, 0.2) is 35.0 Å². The fourth-order valence-electron chi connectivity index (χ4n) is 1.49. The summed E-state index contributed by atoms with van der Waals surface area (Å²) >= 11 is 1.56. The van der Waals surface area contributed by atoms with Crippen LogP contribution in [0.4, 0.5) is 5.69 Å². The van der Waals surface area contributed by atoms with E-state index in [0.717, 1.165) is 5.56 Å². The number of nitrogen functional groups attached to an aromatic ring is 1. The van der Waals surface area contributed by atoms with Crippen LogP contribution in [-0.4, -0.2) is 13.1 Å². The Labute approximate surface area is 109 Å². The van der Waals surface area contributed by atoms with Gasteiger partial charge < -0.3 is 15.2 Å². The van der Waals surface area contributed by atoms with E-state index in [1.165, 1.54) is 7.11 Å². The van der Waals surface area contributed by atoms with Crippen LogP contribution in [0.1, 0.15) is 15.9 Å². The number of ether oxygens (including phenoxy) is 2. The molecule has 0 fully saturated rings. The Balaban J connectivity index is 2.10. The molecular weight excluding hydrogens is 250 g/mol. The predicted molar refractivity (Wildman–Crippen MR) is 70.8 cm³/mol. The van der Waals surface area contributed by atoms with Crippen LogP contribution in [0.2, 0.25) is 0 Å². The molecular formula is C13H13NO3S. The lowest BCUT2D eigenvalue weighted by Gasteiger charge is -2.09. The highest BCUT2D eigenvalue weighted by Crippen LogP contribution is 2.22. The van der Waals surface area contributed by atoms with Crippen molar-refractivity contribution in [2.24, 2.45) is 0 Å². The van der Waals surface area contributed by atoms with Crippen molar-refractivity contribution < 1.29 is 14.3 Å². The summed E-state index contributed by atoms with van der Waals surface area (Å²) in [4.78, 5) is 11.9. The molecule has 0 amide bonds. The van der Waals surface area contributed by atoms with E-state index < -0.39 is 5.97 Å². The fourth-order valence-corrected chi connectivity index (χ4v) is 2.14. The van der Waals surface area contributed by atoms with Crippen LogP contribution in [-0.2, 0) is 11.3 Å². The van der Waals surface area contributed by atoms with E-state index >= 15 is 0 Å². The summed E-state index contributed by atoms with van der Waals surface area (Å²) in [6.07, 6.45) is 0. The number of hydrogen-bond donors (Lipinski definition) is 1. The Bertz CT molecular complexity index is 537. The van der Waals surface area contributed by atoms with Gasteiger partial charge in [-0.25, -0.2) is 4.79 Å². The van der Waals surface area contributed by atoms with Crippen molar-refractivity contribution in [2.45, 2.75) is 6.61 Å². The zero-order chi connectivity index (χ0) is 13.0. The van der Waals surface area contributed by atoms with E-state index in [1.807, 2.05) is 16.8 Å². The van der Waals surface area contributed by atoms with Crippen molar-refractivity contribution >= 4 is 23.0 Å². The third-order valence-electron chi connectivity index (χ3n) is 2.39. The van der Waals surface area contributed by atoms with E-state index in [9.17, 15) is 4.79 Å². The van der Waals surface area contributed by atoms with Gasteiger partial charge in [0.25, 0.3) is 0 Å². The molecule has 2 rings (SSSR count). The van der Waals surface area contributed by atoms with Gasteiger partial charge in [0.15, 0.2) is 0 Å². The highest BCUT2D eigenvalue weighted by atomic mass is 32.1. The first-order valence-corrected chi connectivity index (χ1v) is 6.26. The number of benzene rings is 1. The summed E-state index contributed by atoms with van der Waals surface area (Å²) < 4.78 is 10.3. The second-order valence-corrected chi connectivity index (χ2v) is 4.45. The second-order valence-electron chi connectivity index (χ2n) is 3.67. The summed E-state index contributed by atoms with van der Waals surface area (Å²) in [6, 6.07) is 6.79. The molecule has 4 nitrogen and oxygen atoms in total. The monoisotopic (exact) mass is 263 g/mol. The minimum atomic E-state index is -0.439. The van der Waals surface area contributed by atoms with Gasteiger partial charge >= 0.3 is 5.97 Å². The van der Waals surface area contributed by atoms with Crippen LogP contribution in [0.3, 0.4) is 0 Å². The maximum atomic E-state index is 11.9. The quantitative estimate of drug-likeness (QED) is 0.680. The molecule has 94 valence electrons. The summed E-state index contributed by atoms with van der Waals surface area (Å²) in [7, 11) is 1.50. The van der Waals surface area contributed by atoms with Gasteiger partial charge in [-0.15, -0.1) is 0 Å². The number of carbonyl (C=O) groups excluding carboxylic acids is 1. The van der Waals surface area contributed by atoms with E-state index in [1.54, 1.807) is 29.5 Å². The number of thiophene rings is 1. The zero-order valence-corrected chi connectivity index (χ0v) is 10.7. The first-order chi connectivity index (χ1) is 8.70. The lowest BCUT2D eigenvalue weighted by Crippen LogP contribution is -2.07. The number of hydrogen-bond acceptors (Lipinski definition) is 5. The van der Waals surface area contributed by atoms with Gasteiger partial charge in [0.2, 0.25) is 0 Å². The Morgan fingerprint density at radius 1 is 1.39 bits per heavy atom. The Kier molecular flexibility index (Phi) is 3.84. The molecule has 5 heteroatoms.